The van der Waals surface area contributed by atoms with Crippen molar-refractivity contribution in [3.05, 3.63) is 164 Å². The van der Waals surface area contributed by atoms with E-state index in [0.29, 0.717) is 0 Å². The first-order valence-corrected chi connectivity index (χ1v) is 16.5. The molecule has 0 saturated heterocycles. The first kappa shape index (κ1) is 31.8. The molecule has 6 aromatic rings. The highest BCUT2D eigenvalue weighted by atomic mass is 32.2. The number of benzene rings is 6. The molecule has 0 fully saturated rings. The summed E-state index contributed by atoms with van der Waals surface area (Å²) < 4.78 is 58.9. The van der Waals surface area contributed by atoms with E-state index in [1.54, 1.807) is 0 Å². The third-order valence-electron chi connectivity index (χ3n) is 6.84. The van der Waals surface area contributed by atoms with E-state index in [1.165, 1.54) is 48.1 Å². The van der Waals surface area contributed by atoms with Gasteiger partial charge in [0.15, 0.2) is 24.8 Å². The molecular weight excluding hydrogens is 614 g/mol. The van der Waals surface area contributed by atoms with Gasteiger partial charge in [0.05, 0.1) is 10.9 Å². The molecular formula is C37H27F3O3S2. The van der Waals surface area contributed by atoms with Crippen LogP contribution in [0.25, 0.3) is 33.4 Å². The van der Waals surface area contributed by atoms with E-state index in [0.717, 1.165) is 0 Å². The molecule has 0 bridgehead atoms. The summed E-state index contributed by atoms with van der Waals surface area (Å²) in [5, 5.41) is 0. The maximum atomic E-state index is 10.7. The topological polar surface area (TPSA) is 57.2 Å². The molecule has 0 N–H and O–H groups in total. The minimum Gasteiger partial charge on any atom is -0.741 e. The predicted molar refractivity (Wildman–Crippen MR) is 174 cm³/mol. The van der Waals surface area contributed by atoms with Gasteiger partial charge in [0, 0.05) is 11.1 Å². The molecule has 0 radical (unpaired) electrons. The fourth-order valence-electron chi connectivity index (χ4n) is 4.91. The summed E-state index contributed by atoms with van der Waals surface area (Å²) in [6, 6.07) is 59.0. The van der Waals surface area contributed by atoms with Gasteiger partial charge in [-0.15, -0.1) is 0 Å². The van der Waals surface area contributed by atoms with Crippen LogP contribution >= 0.6 is 0 Å². The zero-order valence-electron chi connectivity index (χ0n) is 23.8. The molecule has 8 heteroatoms. The first-order chi connectivity index (χ1) is 21.6. The highest BCUT2D eigenvalue weighted by Crippen LogP contribution is 2.46. The van der Waals surface area contributed by atoms with E-state index < -0.39 is 15.6 Å². The van der Waals surface area contributed by atoms with Crippen LogP contribution in [0.1, 0.15) is 0 Å². The van der Waals surface area contributed by atoms with Gasteiger partial charge in [-0.05, 0) is 58.7 Å². The third-order valence-corrected chi connectivity index (χ3v) is 9.67. The van der Waals surface area contributed by atoms with Crippen molar-refractivity contribution in [2.75, 3.05) is 0 Å². The van der Waals surface area contributed by atoms with E-state index in [2.05, 4.69) is 164 Å². The van der Waals surface area contributed by atoms with Gasteiger partial charge >= 0.3 is 5.51 Å². The molecule has 0 atom stereocenters. The third kappa shape index (κ3) is 7.54. The number of hydrogen-bond donors (Lipinski definition) is 0. The molecule has 0 saturated carbocycles. The summed E-state index contributed by atoms with van der Waals surface area (Å²) >= 11 is 0. The van der Waals surface area contributed by atoms with Crippen molar-refractivity contribution in [1.82, 2.24) is 0 Å². The van der Waals surface area contributed by atoms with E-state index in [4.69, 9.17) is 13.0 Å². The highest BCUT2D eigenvalue weighted by molar-refractivity contribution is 7.97. The summed E-state index contributed by atoms with van der Waals surface area (Å²) in [5.74, 6) is 0. The molecule has 0 unspecified atom stereocenters. The fraction of sp³-hybridized carbons (Fsp3) is 0.0270. The minimum atomic E-state index is -6.09. The molecule has 0 amide bonds. The lowest BCUT2D eigenvalue weighted by atomic mass is 9.87. The van der Waals surface area contributed by atoms with E-state index >= 15 is 0 Å². The van der Waals surface area contributed by atoms with Crippen molar-refractivity contribution in [3.63, 3.8) is 0 Å². The van der Waals surface area contributed by atoms with Crippen LogP contribution in [0.4, 0.5) is 13.2 Å². The Bertz CT molecular complexity index is 1900. The number of hydrogen-bond acceptors (Lipinski definition) is 3. The molecule has 45 heavy (non-hydrogen) atoms. The Labute approximate surface area is 263 Å². The summed E-state index contributed by atoms with van der Waals surface area (Å²) in [6.07, 6.45) is 0. The van der Waals surface area contributed by atoms with Crippen LogP contribution in [-0.4, -0.2) is 18.5 Å². The Morgan fingerprint density at radius 3 is 1.18 bits per heavy atom. The molecule has 0 aliphatic heterocycles. The lowest BCUT2D eigenvalue weighted by Crippen LogP contribution is -2.21. The Morgan fingerprint density at radius 1 is 0.467 bits per heavy atom. The average molecular weight is 641 g/mol. The molecule has 226 valence electrons. The van der Waals surface area contributed by atoms with Crippen molar-refractivity contribution >= 4 is 21.0 Å². The van der Waals surface area contributed by atoms with Crippen LogP contribution in [0.5, 0.6) is 0 Å². The van der Waals surface area contributed by atoms with E-state index in [-0.39, 0.29) is 10.9 Å². The molecule has 6 aromatic carbocycles. The van der Waals surface area contributed by atoms with Crippen molar-refractivity contribution < 1.29 is 26.1 Å². The van der Waals surface area contributed by atoms with Crippen LogP contribution in [0.15, 0.2) is 178 Å². The van der Waals surface area contributed by atoms with Crippen LogP contribution in [-0.2, 0) is 21.0 Å². The minimum absolute atomic E-state index is 0.275. The van der Waals surface area contributed by atoms with Crippen LogP contribution in [0, 0.1) is 0 Å². The maximum absolute atomic E-state index is 10.7. The molecule has 0 heterocycles. The summed E-state index contributed by atoms with van der Waals surface area (Å²) in [7, 11) is -6.37. The van der Waals surface area contributed by atoms with Gasteiger partial charge in [0.1, 0.15) is 0 Å². The monoisotopic (exact) mass is 640 g/mol. The molecule has 0 aliphatic rings. The van der Waals surface area contributed by atoms with Gasteiger partial charge in [-0.1, -0.05) is 127 Å². The average Bonchev–Trinajstić information content (AvgIpc) is 3.06. The van der Waals surface area contributed by atoms with E-state index in [1.807, 2.05) is 0 Å². The number of alkyl halides is 3. The second-order valence-corrected chi connectivity index (χ2v) is 13.2. The second kappa shape index (κ2) is 14.0. The van der Waals surface area contributed by atoms with Crippen LogP contribution in [0.3, 0.4) is 0 Å². The van der Waals surface area contributed by atoms with Crippen molar-refractivity contribution in [1.29, 1.82) is 0 Å². The largest absolute Gasteiger partial charge is 0.741 e. The Balaban J connectivity index is 0.000000444. The van der Waals surface area contributed by atoms with Crippen LogP contribution < -0.4 is 0 Å². The summed E-state index contributed by atoms with van der Waals surface area (Å²) in [5.41, 5.74) is 1.87. The van der Waals surface area contributed by atoms with Gasteiger partial charge in [0.25, 0.3) is 0 Å². The normalized spacial score (nSPS) is 11.5. The Kier molecular flexibility index (Phi) is 9.88. The Morgan fingerprint density at radius 2 is 0.800 bits per heavy atom. The Hall–Kier alpha value is -4.63. The van der Waals surface area contributed by atoms with Gasteiger partial charge in [-0.2, -0.15) is 13.2 Å². The van der Waals surface area contributed by atoms with E-state index in [9.17, 15) is 13.2 Å². The fourth-order valence-corrected chi connectivity index (χ4v) is 7.18. The standard InChI is InChI=1S/C36H27S.CHF3O3S/c1-6-16-28(17-7-1)33-26-27-34(37(31-22-12-4-13-23-31)32-24-14-5-15-25-32)36(30-20-10-3-11-21-30)35(33)29-18-8-2-9-19-29;2-1(3,4)8(5,6)7/h1-27H;(H,5,6,7)/q+1;/p-1. The first-order valence-electron chi connectivity index (χ1n) is 13.8. The lowest BCUT2D eigenvalue weighted by molar-refractivity contribution is -0.0517. The quantitative estimate of drug-likeness (QED) is 0.103. The zero-order valence-corrected chi connectivity index (χ0v) is 25.4. The van der Waals surface area contributed by atoms with Gasteiger partial charge in [-0.3, -0.25) is 0 Å². The second-order valence-electron chi connectivity index (χ2n) is 9.79. The van der Waals surface area contributed by atoms with Gasteiger partial charge in [-0.25, -0.2) is 8.42 Å². The summed E-state index contributed by atoms with van der Waals surface area (Å²) in [6.45, 7) is 0. The molecule has 0 spiro atoms. The van der Waals surface area contributed by atoms with Gasteiger partial charge in [0.2, 0.25) is 0 Å². The predicted octanol–water partition coefficient (Wildman–Crippen LogP) is 9.83. The summed E-state index contributed by atoms with van der Waals surface area (Å²) in [4.78, 5) is 3.97. The molecule has 6 rings (SSSR count). The smallest absolute Gasteiger partial charge is 0.485 e. The number of rotatable bonds is 6. The highest BCUT2D eigenvalue weighted by Gasteiger charge is 2.37. The lowest BCUT2D eigenvalue weighted by Gasteiger charge is -2.20. The molecule has 3 nitrogen and oxygen atoms in total. The van der Waals surface area contributed by atoms with Crippen LogP contribution in [0.2, 0.25) is 0 Å². The van der Waals surface area contributed by atoms with Crippen molar-refractivity contribution in [3.8, 4) is 33.4 Å². The SMILES string of the molecule is O=S(=O)([O-])C(F)(F)F.c1ccc(-c2ccc([S+](c3ccccc3)c3ccccc3)c(-c3ccccc3)c2-c2ccccc2)cc1. The maximum Gasteiger partial charge on any atom is 0.485 e. The number of halogens is 3. The molecule has 0 aliphatic carbocycles. The van der Waals surface area contributed by atoms with Crippen molar-refractivity contribution in [2.24, 2.45) is 0 Å². The zero-order chi connectivity index (χ0) is 31.9. The van der Waals surface area contributed by atoms with Crippen molar-refractivity contribution in [2.45, 2.75) is 20.2 Å². The van der Waals surface area contributed by atoms with Gasteiger partial charge < -0.3 is 4.55 Å². The molecule has 0 aromatic heterocycles.